The van der Waals surface area contributed by atoms with Crippen LogP contribution in [-0.4, -0.2) is 44.4 Å². The third-order valence-electron chi connectivity index (χ3n) is 4.57. The second-order valence-corrected chi connectivity index (χ2v) is 7.22. The summed E-state index contributed by atoms with van der Waals surface area (Å²) in [5.74, 6) is 1.12. The summed E-state index contributed by atoms with van der Waals surface area (Å²) in [6.07, 6.45) is 5.86. The molecule has 130 valence electrons. The highest BCUT2D eigenvalue weighted by molar-refractivity contribution is 7.99. The van der Waals surface area contributed by atoms with Gasteiger partial charge in [-0.1, -0.05) is 23.9 Å². The first-order valence-corrected chi connectivity index (χ1v) is 9.50. The Kier molecular flexibility index (Phi) is 4.74. The molecule has 1 amide bonds. The lowest BCUT2D eigenvalue weighted by Gasteiger charge is -2.31. The van der Waals surface area contributed by atoms with Crippen LogP contribution in [0.3, 0.4) is 0 Å². The van der Waals surface area contributed by atoms with Crippen LogP contribution in [0.4, 0.5) is 0 Å². The lowest BCUT2D eigenvalue weighted by atomic mass is 9.97. The van der Waals surface area contributed by atoms with E-state index in [1.54, 1.807) is 0 Å². The number of hydrogen-bond donors (Lipinski definition) is 0. The van der Waals surface area contributed by atoms with Crippen LogP contribution in [0.2, 0.25) is 0 Å². The lowest BCUT2D eigenvalue weighted by molar-refractivity contribution is -0.129. The minimum absolute atomic E-state index is 0.157. The minimum atomic E-state index is 0.157. The van der Waals surface area contributed by atoms with Crippen molar-refractivity contribution in [2.75, 3.05) is 18.8 Å². The van der Waals surface area contributed by atoms with Gasteiger partial charge in [-0.3, -0.25) is 9.48 Å². The van der Waals surface area contributed by atoms with Crippen LogP contribution in [0, 0.1) is 5.92 Å². The number of aromatic nitrogens is 3. The molecular weight excluding hydrogens is 336 g/mol. The van der Waals surface area contributed by atoms with Gasteiger partial charge in [0.1, 0.15) is 5.52 Å². The zero-order valence-electron chi connectivity index (χ0n) is 13.9. The number of likely N-dealkylation sites (tertiary alicyclic amines) is 1. The third-order valence-corrected chi connectivity index (χ3v) is 5.38. The maximum Gasteiger partial charge on any atom is 0.257 e. The normalized spacial score (nSPS) is 15.8. The molecular formula is C18H20N4O2S. The van der Waals surface area contributed by atoms with Crippen molar-refractivity contribution < 1.29 is 9.21 Å². The molecule has 3 aromatic rings. The van der Waals surface area contributed by atoms with E-state index in [9.17, 15) is 4.79 Å². The zero-order valence-corrected chi connectivity index (χ0v) is 14.7. The molecule has 0 radical (unpaired) electrons. The molecule has 0 aliphatic carbocycles. The highest BCUT2D eigenvalue weighted by Gasteiger charge is 2.23. The predicted octanol–water partition coefficient (Wildman–Crippen LogP) is 3.06. The fraction of sp³-hybridized carbons (Fsp3) is 0.389. The van der Waals surface area contributed by atoms with Gasteiger partial charge in [0.15, 0.2) is 5.58 Å². The number of nitrogens with zero attached hydrogens (tertiary/aromatic N) is 4. The smallest absolute Gasteiger partial charge is 0.257 e. The van der Waals surface area contributed by atoms with Crippen LogP contribution >= 0.6 is 11.8 Å². The van der Waals surface area contributed by atoms with Gasteiger partial charge in [0.05, 0.1) is 5.75 Å². The topological polar surface area (TPSA) is 64.2 Å². The molecule has 2 aromatic heterocycles. The first-order chi connectivity index (χ1) is 12.3. The van der Waals surface area contributed by atoms with Crippen LogP contribution in [0.5, 0.6) is 0 Å². The summed E-state index contributed by atoms with van der Waals surface area (Å²) in [5.41, 5.74) is 1.59. The molecule has 7 heteroatoms. The monoisotopic (exact) mass is 356 g/mol. The van der Waals surface area contributed by atoms with Crippen LogP contribution in [0.15, 0.2) is 52.4 Å². The first kappa shape index (κ1) is 16.2. The van der Waals surface area contributed by atoms with Gasteiger partial charge < -0.3 is 9.32 Å². The molecule has 1 saturated heterocycles. The van der Waals surface area contributed by atoms with Gasteiger partial charge in [-0.05, 0) is 37.0 Å². The van der Waals surface area contributed by atoms with Gasteiger partial charge in [0, 0.05) is 32.0 Å². The molecule has 0 saturated carbocycles. The molecule has 1 fully saturated rings. The number of fused-ring (bicyclic) bond motifs is 1. The van der Waals surface area contributed by atoms with Crippen molar-refractivity contribution in [1.29, 1.82) is 0 Å². The van der Waals surface area contributed by atoms with E-state index >= 15 is 0 Å². The van der Waals surface area contributed by atoms with Gasteiger partial charge in [-0.25, -0.2) is 4.98 Å². The van der Waals surface area contributed by atoms with Crippen molar-refractivity contribution in [3.8, 4) is 0 Å². The quantitative estimate of drug-likeness (QED) is 0.658. The largest absolute Gasteiger partial charge is 0.431 e. The number of carbonyl (C=O) groups is 1. The second-order valence-electron chi connectivity index (χ2n) is 6.29. The molecule has 0 atom stereocenters. The molecule has 1 aliphatic rings. The maximum atomic E-state index is 12.4. The van der Waals surface area contributed by atoms with Crippen LogP contribution in [0.1, 0.15) is 12.8 Å². The van der Waals surface area contributed by atoms with E-state index in [1.165, 1.54) is 11.8 Å². The number of benzene rings is 1. The Labute approximate surface area is 150 Å². The maximum absolute atomic E-state index is 12.4. The molecule has 0 N–H and O–H groups in total. The zero-order chi connectivity index (χ0) is 17.1. The Hall–Kier alpha value is -2.28. The van der Waals surface area contributed by atoms with Gasteiger partial charge >= 0.3 is 0 Å². The average molecular weight is 356 g/mol. The molecule has 6 nitrogen and oxygen atoms in total. The number of para-hydroxylation sites is 2. The SMILES string of the molecule is O=C(CSc1nc2ccccc2o1)N1CCC(Cn2cccn2)CC1. The Morgan fingerprint density at radius 2 is 2.08 bits per heavy atom. The first-order valence-electron chi connectivity index (χ1n) is 8.51. The fourth-order valence-corrected chi connectivity index (χ4v) is 3.91. The second kappa shape index (κ2) is 7.31. The summed E-state index contributed by atoms with van der Waals surface area (Å²) in [4.78, 5) is 18.8. The Morgan fingerprint density at radius 3 is 2.84 bits per heavy atom. The molecule has 25 heavy (non-hydrogen) atoms. The minimum Gasteiger partial charge on any atom is -0.431 e. The molecule has 0 unspecified atom stereocenters. The predicted molar refractivity (Wildman–Crippen MR) is 96.3 cm³/mol. The number of amides is 1. The summed E-state index contributed by atoms with van der Waals surface area (Å²) in [6.45, 7) is 2.57. The van der Waals surface area contributed by atoms with Gasteiger partial charge in [-0.15, -0.1) is 0 Å². The summed E-state index contributed by atoms with van der Waals surface area (Å²) < 4.78 is 7.63. The Balaban J connectivity index is 1.26. The number of piperidine rings is 1. The highest BCUT2D eigenvalue weighted by Crippen LogP contribution is 2.24. The van der Waals surface area contributed by atoms with Gasteiger partial charge in [0.25, 0.3) is 5.22 Å². The van der Waals surface area contributed by atoms with E-state index in [0.29, 0.717) is 16.9 Å². The number of thioether (sulfide) groups is 1. The number of hydrogen-bond acceptors (Lipinski definition) is 5. The Morgan fingerprint density at radius 1 is 1.24 bits per heavy atom. The van der Waals surface area contributed by atoms with Crippen molar-refractivity contribution in [3.05, 3.63) is 42.7 Å². The molecule has 3 heterocycles. The van der Waals surface area contributed by atoms with Crippen molar-refractivity contribution in [2.45, 2.75) is 24.6 Å². The molecule has 0 spiro atoms. The summed E-state index contributed by atoms with van der Waals surface area (Å²) >= 11 is 1.37. The summed E-state index contributed by atoms with van der Waals surface area (Å²) in [6, 6.07) is 9.59. The van der Waals surface area contributed by atoms with E-state index in [0.717, 1.165) is 43.6 Å². The number of carbonyl (C=O) groups excluding carboxylic acids is 1. The lowest BCUT2D eigenvalue weighted by Crippen LogP contribution is -2.40. The molecule has 1 aromatic carbocycles. The van der Waals surface area contributed by atoms with Crippen molar-refractivity contribution in [1.82, 2.24) is 19.7 Å². The van der Waals surface area contributed by atoms with Crippen molar-refractivity contribution >= 4 is 28.8 Å². The van der Waals surface area contributed by atoms with E-state index in [4.69, 9.17) is 4.42 Å². The van der Waals surface area contributed by atoms with E-state index in [1.807, 2.05) is 52.3 Å². The van der Waals surface area contributed by atoms with Crippen LogP contribution in [0.25, 0.3) is 11.1 Å². The third kappa shape index (κ3) is 3.87. The number of oxazole rings is 1. The fourth-order valence-electron chi connectivity index (χ4n) is 3.17. The summed E-state index contributed by atoms with van der Waals surface area (Å²) in [5, 5.41) is 4.82. The standard InChI is InChI=1S/C18H20N4O2S/c23-17(13-25-18-20-15-4-1-2-5-16(15)24-18)21-10-6-14(7-11-21)12-22-9-3-8-19-22/h1-5,8-9,14H,6-7,10-13H2. The van der Waals surface area contributed by atoms with Crippen molar-refractivity contribution in [2.24, 2.45) is 5.92 Å². The average Bonchev–Trinajstić information content (AvgIpc) is 3.29. The van der Waals surface area contributed by atoms with E-state index < -0.39 is 0 Å². The Bertz CT molecular complexity index is 805. The molecule has 1 aliphatic heterocycles. The highest BCUT2D eigenvalue weighted by atomic mass is 32.2. The molecule has 4 rings (SSSR count). The molecule has 0 bridgehead atoms. The van der Waals surface area contributed by atoms with Gasteiger partial charge in [0.2, 0.25) is 5.91 Å². The van der Waals surface area contributed by atoms with E-state index in [2.05, 4.69) is 10.1 Å². The van der Waals surface area contributed by atoms with Crippen LogP contribution in [-0.2, 0) is 11.3 Å². The van der Waals surface area contributed by atoms with Crippen LogP contribution < -0.4 is 0 Å². The summed E-state index contributed by atoms with van der Waals surface area (Å²) in [7, 11) is 0. The van der Waals surface area contributed by atoms with E-state index in [-0.39, 0.29) is 5.91 Å². The van der Waals surface area contributed by atoms with Crippen molar-refractivity contribution in [3.63, 3.8) is 0 Å². The number of rotatable bonds is 5. The van der Waals surface area contributed by atoms with Gasteiger partial charge in [-0.2, -0.15) is 5.10 Å².